The summed E-state index contributed by atoms with van der Waals surface area (Å²) >= 11 is 0. The maximum atomic E-state index is 13.4. The molecule has 1 radical (unpaired) electrons. The van der Waals surface area contributed by atoms with Crippen molar-refractivity contribution < 1.29 is 37.7 Å². The van der Waals surface area contributed by atoms with Crippen molar-refractivity contribution in [1.29, 1.82) is 0 Å². The zero-order chi connectivity index (χ0) is 29.0. The number of halogens is 4. The molecule has 3 heterocycles. The van der Waals surface area contributed by atoms with Crippen molar-refractivity contribution in [2.75, 3.05) is 0 Å². The van der Waals surface area contributed by atoms with Gasteiger partial charge in [0.2, 0.25) is 0 Å². The summed E-state index contributed by atoms with van der Waals surface area (Å²) in [5.41, 5.74) is 5.22. The molecule has 0 saturated heterocycles. The quantitative estimate of drug-likeness (QED) is 0.134. The molecule has 0 fully saturated rings. The van der Waals surface area contributed by atoms with Gasteiger partial charge in [-0.25, -0.2) is 8.78 Å². The van der Waals surface area contributed by atoms with Crippen LogP contribution >= 0.6 is 0 Å². The molecule has 0 N–H and O–H groups in total. The molecule has 3 aromatic heterocycles. The maximum Gasteiger partial charge on any atom is 0.123 e. The van der Waals surface area contributed by atoms with E-state index in [4.69, 9.17) is 0 Å². The molecule has 213 valence electrons. The zero-order valence-electron chi connectivity index (χ0n) is 22.3. The van der Waals surface area contributed by atoms with Gasteiger partial charge in [-0.15, -0.1) is 12.1 Å². The van der Waals surface area contributed by atoms with E-state index in [1.54, 1.807) is 48.9 Å². The Kier molecular flexibility index (Phi) is 12.2. The standard InChI is InChI=1S/C12H8F2N.2C11H8FN.Ir/c1-8-4-5-15-12(6-8)10-3-2-9(13)7-11(10)14;2*12-10-6-4-9(5-7-10)11-3-1-2-8-13-11;/h2,4-7H,1H3;2*1-8H;/q-1;;;. The SMILES string of the molecule is Cc1ccnc(-c2[c-]cc(F)cc2F)c1.Fc1ccc(-c2ccccn2)cc1.Fc1ccc(-c2ccccn2)cc1.[Ir]. The van der Waals surface area contributed by atoms with Gasteiger partial charge in [0.1, 0.15) is 11.6 Å². The van der Waals surface area contributed by atoms with E-state index < -0.39 is 11.6 Å². The van der Waals surface area contributed by atoms with Crippen LogP contribution in [0.5, 0.6) is 0 Å². The van der Waals surface area contributed by atoms with E-state index in [-0.39, 0.29) is 37.3 Å². The molecule has 8 heteroatoms. The minimum atomic E-state index is -0.645. The van der Waals surface area contributed by atoms with E-state index in [1.807, 2.05) is 49.4 Å². The summed E-state index contributed by atoms with van der Waals surface area (Å²) in [6.07, 6.45) is 5.03. The maximum absolute atomic E-state index is 13.4. The van der Waals surface area contributed by atoms with Gasteiger partial charge in [0.25, 0.3) is 0 Å². The summed E-state index contributed by atoms with van der Waals surface area (Å²) in [7, 11) is 0. The van der Waals surface area contributed by atoms with Crippen LogP contribution in [0, 0.1) is 36.3 Å². The monoisotopic (exact) mass is 743 g/mol. The van der Waals surface area contributed by atoms with Gasteiger partial charge in [-0.1, -0.05) is 35.4 Å². The van der Waals surface area contributed by atoms with Crippen LogP contribution in [0.25, 0.3) is 33.8 Å². The van der Waals surface area contributed by atoms with Crippen molar-refractivity contribution in [3.63, 3.8) is 0 Å². The van der Waals surface area contributed by atoms with Gasteiger partial charge in [0.15, 0.2) is 0 Å². The van der Waals surface area contributed by atoms with Gasteiger partial charge in [-0.2, -0.15) is 0 Å². The predicted molar refractivity (Wildman–Crippen MR) is 152 cm³/mol. The first-order valence-corrected chi connectivity index (χ1v) is 12.5. The van der Waals surface area contributed by atoms with Gasteiger partial charge >= 0.3 is 0 Å². The Morgan fingerprint density at radius 2 is 1.02 bits per heavy atom. The molecule has 0 unspecified atom stereocenters. The zero-order valence-corrected chi connectivity index (χ0v) is 24.7. The summed E-state index contributed by atoms with van der Waals surface area (Å²) in [5, 5.41) is 0. The number of aromatic nitrogens is 3. The minimum absolute atomic E-state index is 0. The van der Waals surface area contributed by atoms with E-state index in [9.17, 15) is 17.6 Å². The number of rotatable bonds is 3. The van der Waals surface area contributed by atoms with E-state index in [0.29, 0.717) is 5.69 Å². The third kappa shape index (κ3) is 9.54. The summed E-state index contributed by atoms with van der Waals surface area (Å²) in [4.78, 5) is 12.3. The van der Waals surface area contributed by atoms with Gasteiger partial charge in [0, 0.05) is 61.5 Å². The topological polar surface area (TPSA) is 38.7 Å². The molecule has 0 spiro atoms. The first-order valence-electron chi connectivity index (χ1n) is 12.5. The van der Waals surface area contributed by atoms with Crippen LogP contribution in [0.2, 0.25) is 0 Å². The largest absolute Gasteiger partial charge is 0.305 e. The summed E-state index contributed by atoms with van der Waals surface area (Å²) in [6.45, 7) is 1.88. The number of hydrogen-bond donors (Lipinski definition) is 0. The van der Waals surface area contributed by atoms with Crippen LogP contribution in [0.15, 0.2) is 128 Å². The van der Waals surface area contributed by atoms with Crippen LogP contribution in [-0.4, -0.2) is 15.0 Å². The Labute approximate surface area is 255 Å². The molecule has 0 bridgehead atoms. The van der Waals surface area contributed by atoms with Crippen LogP contribution in [-0.2, 0) is 20.1 Å². The first kappa shape index (κ1) is 32.0. The summed E-state index contributed by atoms with van der Waals surface area (Å²) in [6, 6.07) is 31.9. The molecule has 0 aliphatic rings. The third-order valence-electron chi connectivity index (χ3n) is 5.64. The van der Waals surface area contributed by atoms with E-state index in [2.05, 4.69) is 21.0 Å². The van der Waals surface area contributed by atoms with Gasteiger partial charge in [-0.05, 0) is 91.5 Å². The normalized spacial score (nSPS) is 9.83. The molecular formula is C34H24F4IrN3-. The van der Waals surface area contributed by atoms with Crippen LogP contribution in [0.4, 0.5) is 17.6 Å². The van der Waals surface area contributed by atoms with Crippen molar-refractivity contribution >= 4 is 0 Å². The fraction of sp³-hybridized carbons (Fsp3) is 0.0294. The number of aryl methyl sites for hydroxylation is 1. The number of hydrogen-bond acceptors (Lipinski definition) is 3. The third-order valence-corrected chi connectivity index (χ3v) is 5.64. The van der Waals surface area contributed by atoms with Crippen LogP contribution in [0.1, 0.15) is 5.56 Å². The molecule has 0 aliphatic heterocycles. The minimum Gasteiger partial charge on any atom is -0.305 e. The van der Waals surface area contributed by atoms with E-state index in [0.717, 1.165) is 40.2 Å². The predicted octanol–water partition coefficient (Wildman–Crippen LogP) is 8.91. The number of nitrogens with zero attached hydrogens (tertiary/aromatic N) is 3. The van der Waals surface area contributed by atoms with Crippen molar-refractivity contribution in [2.45, 2.75) is 6.92 Å². The molecule has 0 aliphatic carbocycles. The van der Waals surface area contributed by atoms with Gasteiger partial charge in [-0.3, -0.25) is 18.7 Å². The van der Waals surface area contributed by atoms with E-state index in [1.165, 1.54) is 24.3 Å². The Morgan fingerprint density at radius 3 is 1.45 bits per heavy atom. The van der Waals surface area contributed by atoms with Crippen molar-refractivity contribution in [2.24, 2.45) is 0 Å². The average Bonchev–Trinajstić information content (AvgIpc) is 3.00. The van der Waals surface area contributed by atoms with E-state index >= 15 is 0 Å². The van der Waals surface area contributed by atoms with Crippen molar-refractivity contribution in [1.82, 2.24) is 15.0 Å². The van der Waals surface area contributed by atoms with Crippen molar-refractivity contribution in [3.8, 4) is 33.8 Å². The van der Waals surface area contributed by atoms with Crippen LogP contribution < -0.4 is 0 Å². The Hall–Kier alpha value is -4.52. The molecule has 0 atom stereocenters. The molecule has 0 amide bonds. The van der Waals surface area contributed by atoms with Crippen LogP contribution in [0.3, 0.4) is 0 Å². The molecule has 42 heavy (non-hydrogen) atoms. The Bertz CT molecular complexity index is 1590. The molecular weight excluding hydrogens is 719 g/mol. The molecule has 3 aromatic carbocycles. The second kappa shape index (κ2) is 16.1. The molecule has 6 rings (SSSR count). The molecule has 0 saturated carbocycles. The van der Waals surface area contributed by atoms with Crippen molar-refractivity contribution in [3.05, 3.63) is 163 Å². The number of benzene rings is 3. The van der Waals surface area contributed by atoms with Gasteiger partial charge < -0.3 is 4.98 Å². The Balaban J connectivity index is 0.000000171. The molecule has 3 nitrogen and oxygen atoms in total. The fourth-order valence-electron chi connectivity index (χ4n) is 3.62. The Morgan fingerprint density at radius 1 is 0.524 bits per heavy atom. The second-order valence-electron chi connectivity index (χ2n) is 8.70. The summed E-state index contributed by atoms with van der Waals surface area (Å²) in [5.74, 6) is -1.73. The van der Waals surface area contributed by atoms with Gasteiger partial charge in [0.05, 0.1) is 11.4 Å². The second-order valence-corrected chi connectivity index (χ2v) is 8.70. The first-order chi connectivity index (χ1) is 19.9. The summed E-state index contributed by atoms with van der Waals surface area (Å²) < 4.78 is 51.2. The fourth-order valence-corrected chi connectivity index (χ4v) is 3.62. The number of pyridine rings is 3. The average molecular weight is 743 g/mol. The molecule has 6 aromatic rings. The smallest absolute Gasteiger partial charge is 0.123 e.